The van der Waals surface area contributed by atoms with Crippen LogP contribution in [0.25, 0.3) is 20.9 Å². The normalized spacial score (nSPS) is 20.4. The van der Waals surface area contributed by atoms with Crippen molar-refractivity contribution in [3.05, 3.63) is 20.9 Å². The summed E-state index contributed by atoms with van der Waals surface area (Å²) in [5.41, 5.74) is 16.4. The van der Waals surface area contributed by atoms with Crippen LogP contribution in [0, 0.1) is 0 Å². The molecule has 0 saturated heterocycles. The van der Waals surface area contributed by atoms with Gasteiger partial charge in [0.1, 0.15) is 0 Å². The highest BCUT2D eigenvalue weighted by atomic mass is 17.0. The Labute approximate surface area is 77.8 Å². The molecule has 14 heavy (non-hydrogen) atoms. The van der Waals surface area contributed by atoms with Crippen LogP contribution in [0.4, 0.5) is 0 Å². The predicted molar refractivity (Wildman–Crippen MR) is 44.1 cm³/mol. The van der Waals surface area contributed by atoms with Crippen molar-refractivity contribution in [3.8, 4) is 0 Å². The van der Waals surface area contributed by atoms with Crippen LogP contribution in [0.2, 0.25) is 0 Å². The molecule has 10 heteroatoms. The fraction of sp³-hybridized carbons (Fsp3) is 0.750. The molecule has 74 valence electrons. The van der Waals surface area contributed by atoms with E-state index in [9.17, 15) is 0 Å². The summed E-state index contributed by atoms with van der Waals surface area (Å²) in [6.07, 6.45) is -0.990. The summed E-state index contributed by atoms with van der Waals surface area (Å²) in [5, 5.41) is 10.7. The maximum absolute atomic E-state index is 8.23. The minimum atomic E-state index is -0.990. The third-order valence-electron chi connectivity index (χ3n) is 1.21. The van der Waals surface area contributed by atoms with Gasteiger partial charge in [-0.2, -0.15) is 0 Å². The topological polar surface area (TPSA) is 132 Å². The van der Waals surface area contributed by atoms with E-state index in [1.54, 1.807) is 6.92 Å². The molecule has 0 spiro atoms. The highest BCUT2D eigenvalue weighted by Gasteiger charge is 2.31. The Morgan fingerprint density at radius 1 is 1.64 bits per heavy atom. The highest BCUT2D eigenvalue weighted by molar-refractivity contribution is 5.88. The average molecular weight is 198 g/mol. The molecule has 10 nitrogen and oxygen atoms in total. The average Bonchev–Trinajstić information content (AvgIpc) is 2.52. The molecule has 0 aromatic carbocycles. The molecular formula is C4H6N8O2. The summed E-state index contributed by atoms with van der Waals surface area (Å²) in [7, 11) is 0. The van der Waals surface area contributed by atoms with Crippen LogP contribution in [-0.4, -0.2) is 23.8 Å². The van der Waals surface area contributed by atoms with E-state index in [-0.39, 0.29) is 5.84 Å². The number of hydrogen-bond donors (Lipinski definition) is 0. The zero-order valence-corrected chi connectivity index (χ0v) is 7.18. The fourth-order valence-electron chi connectivity index (χ4n) is 0.748. The first-order valence-corrected chi connectivity index (χ1v) is 3.60. The van der Waals surface area contributed by atoms with Gasteiger partial charge < -0.3 is 0 Å². The van der Waals surface area contributed by atoms with Crippen molar-refractivity contribution in [2.45, 2.75) is 13.1 Å². The smallest absolute Gasteiger partial charge is 0.203 e. The first-order valence-electron chi connectivity index (χ1n) is 3.60. The maximum atomic E-state index is 8.23. The molecule has 1 rings (SSSR count). The molecular weight excluding hydrogens is 192 g/mol. The fourth-order valence-corrected chi connectivity index (χ4v) is 0.748. The Bertz CT molecular complexity index is 326. The zero-order chi connectivity index (χ0) is 10.4. The van der Waals surface area contributed by atoms with Gasteiger partial charge in [0, 0.05) is 15.0 Å². The van der Waals surface area contributed by atoms with Crippen molar-refractivity contribution in [1.29, 1.82) is 0 Å². The molecule has 0 aromatic rings. The van der Waals surface area contributed by atoms with Gasteiger partial charge in [-0.25, -0.2) is 0 Å². The molecule has 0 aromatic heterocycles. The quantitative estimate of drug-likeness (QED) is 0.386. The van der Waals surface area contributed by atoms with E-state index < -0.39 is 6.17 Å². The number of amidine groups is 1. The largest absolute Gasteiger partial charge is 0.270 e. The van der Waals surface area contributed by atoms with E-state index in [1.165, 1.54) is 0 Å². The second-order valence-electron chi connectivity index (χ2n) is 2.00. The summed E-state index contributed by atoms with van der Waals surface area (Å²) in [5.74, 6) is -0.0984. The van der Waals surface area contributed by atoms with E-state index in [0.29, 0.717) is 6.61 Å². The first-order chi connectivity index (χ1) is 6.83. The second kappa shape index (κ2) is 4.90. The van der Waals surface area contributed by atoms with Crippen LogP contribution in [0.5, 0.6) is 0 Å². The predicted octanol–water partition coefficient (Wildman–Crippen LogP) is 1.45. The van der Waals surface area contributed by atoms with Crippen molar-refractivity contribution in [2.24, 2.45) is 15.4 Å². The van der Waals surface area contributed by atoms with Crippen molar-refractivity contribution >= 4 is 5.84 Å². The van der Waals surface area contributed by atoms with Crippen LogP contribution < -0.4 is 0 Å². The van der Waals surface area contributed by atoms with Crippen LogP contribution in [0.1, 0.15) is 6.92 Å². The number of azide groups is 2. The maximum Gasteiger partial charge on any atom is 0.203 e. The molecule has 1 aliphatic rings. The van der Waals surface area contributed by atoms with E-state index in [0.717, 1.165) is 5.23 Å². The second-order valence-corrected chi connectivity index (χ2v) is 2.00. The highest BCUT2D eigenvalue weighted by Crippen LogP contribution is 2.15. The molecule has 1 heterocycles. The first kappa shape index (κ1) is 10.1. The van der Waals surface area contributed by atoms with Gasteiger partial charge in [-0.15, -0.1) is 0 Å². The Balaban J connectivity index is 2.80. The lowest BCUT2D eigenvalue weighted by atomic mass is 10.5. The number of hydroxylamine groups is 2. The van der Waals surface area contributed by atoms with Gasteiger partial charge in [0.2, 0.25) is 6.17 Å². The van der Waals surface area contributed by atoms with E-state index in [2.05, 4.69) is 30.1 Å². The monoisotopic (exact) mass is 198 g/mol. The summed E-state index contributed by atoms with van der Waals surface area (Å²) in [6, 6.07) is 0. The lowest BCUT2D eigenvalue weighted by Crippen LogP contribution is -2.32. The molecule has 0 N–H and O–H groups in total. The van der Waals surface area contributed by atoms with Gasteiger partial charge in [-0.1, -0.05) is 10.3 Å². The van der Waals surface area contributed by atoms with Gasteiger partial charge in [0.25, 0.3) is 0 Å². The minimum Gasteiger partial charge on any atom is -0.270 e. The lowest BCUT2D eigenvalue weighted by molar-refractivity contribution is -0.365. The molecule has 1 atom stereocenters. The van der Waals surface area contributed by atoms with Crippen molar-refractivity contribution in [3.63, 3.8) is 0 Å². The van der Waals surface area contributed by atoms with Gasteiger partial charge >= 0.3 is 0 Å². The third-order valence-corrected chi connectivity index (χ3v) is 1.21. The lowest BCUT2D eigenvalue weighted by Gasteiger charge is -2.14. The standard InChI is InChI=1S/C4H6N8O2/c1-2-13-12-4(8-11-6)3(7-10-5)9-14-12/h4H,2H2,1H3. The van der Waals surface area contributed by atoms with Gasteiger partial charge in [-0.3, -0.25) is 9.78 Å². The molecule has 0 saturated carbocycles. The van der Waals surface area contributed by atoms with Crippen molar-refractivity contribution in [1.82, 2.24) is 5.23 Å². The number of nitrogens with zero attached hydrogens (tertiary/aromatic N) is 8. The molecule has 0 radical (unpaired) electrons. The molecule has 0 aliphatic carbocycles. The number of rotatable bonds is 3. The Morgan fingerprint density at radius 2 is 2.43 bits per heavy atom. The number of oxime groups is 1. The molecule has 0 amide bonds. The SMILES string of the molecule is CCON1ON=C(N=[N+]=[N-])C1N=[N+]=[N-]. The minimum absolute atomic E-state index is 0.0984. The summed E-state index contributed by atoms with van der Waals surface area (Å²) >= 11 is 0. The van der Waals surface area contributed by atoms with Gasteiger partial charge in [-0.05, 0) is 23.1 Å². The third kappa shape index (κ3) is 2.03. The van der Waals surface area contributed by atoms with E-state index in [4.69, 9.17) is 15.9 Å². The van der Waals surface area contributed by atoms with Crippen LogP contribution in [0.15, 0.2) is 15.4 Å². The summed E-state index contributed by atoms with van der Waals surface area (Å²) in [4.78, 5) is 14.5. The Morgan fingerprint density at radius 3 is 3.00 bits per heavy atom. The van der Waals surface area contributed by atoms with E-state index >= 15 is 0 Å². The Kier molecular flexibility index (Phi) is 3.53. The van der Waals surface area contributed by atoms with Crippen LogP contribution in [0.3, 0.4) is 0 Å². The van der Waals surface area contributed by atoms with Crippen molar-refractivity contribution in [2.75, 3.05) is 6.61 Å². The molecule has 0 bridgehead atoms. The van der Waals surface area contributed by atoms with Gasteiger partial charge in [0.15, 0.2) is 5.84 Å². The summed E-state index contributed by atoms with van der Waals surface area (Å²) in [6.45, 7) is 2.01. The molecule has 1 aliphatic heterocycles. The summed E-state index contributed by atoms with van der Waals surface area (Å²) < 4.78 is 0. The van der Waals surface area contributed by atoms with Crippen LogP contribution >= 0.6 is 0 Å². The van der Waals surface area contributed by atoms with Gasteiger partial charge in [0.05, 0.1) is 6.61 Å². The van der Waals surface area contributed by atoms with E-state index in [1.807, 2.05) is 0 Å². The van der Waals surface area contributed by atoms with Crippen molar-refractivity contribution < 1.29 is 9.78 Å². The number of hydrogen-bond acceptors (Lipinski definition) is 6. The van der Waals surface area contributed by atoms with Crippen LogP contribution in [-0.2, 0) is 9.78 Å². The molecule has 0 fully saturated rings. The molecule has 1 unspecified atom stereocenters. The zero-order valence-electron chi connectivity index (χ0n) is 7.18. The Hall–Kier alpha value is -1.99.